The largest absolute Gasteiger partial charge is 0.463 e. The molecular formula is C24H44O4. The average Bonchev–Trinajstić information content (AvgIpc) is 2.69. The van der Waals surface area contributed by atoms with Crippen molar-refractivity contribution >= 4 is 11.9 Å². The van der Waals surface area contributed by atoms with Crippen molar-refractivity contribution in [2.24, 2.45) is 0 Å². The number of carbonyl (C=O) groups is 2. The van der Waals surface area contributed by atoms with E-state index in [9.17, 15) is 9.59 Å². The lowest BCUT2D eigenvalue weighted by atomic mass is 10.0. The zero-order valence-corrected chi connectivity index (χ0v) is 18.7. The Balaban J connectivity index is 3.49. The van der Waals surface area contributed by atoms with Crippen LogP contribution in [0.15, 0.2) is 11.6 Å². The summed E-state index contributed by atoms with van der Waals surface area (Å²) in [5, 5.41) is 0. The second-order valence-corrected chi connectivity index (χ2v) is 7.51. The van der Waals surface area contributed by atoms with Gasteiger partial charge in [-0.25, -0.2) is 9.59 Å². The van der Waals surface area contributed by atoms with Crippen LogP contribution in [0, 0.1) is 0 Å². The van der Waals surface area contributed by atoms with Crippen molar-refractivity contribution in [1.29, 1.82) is 0 Å². The smallest absolute Gasteiger partial charge is 0.334 e. The Morgan fingerprint density at radius 3 is 1.54 bits per heavy atom. The van der Waals surface area contributed by atoms with Crippen LogP contribution in [0.5, 0.6) is 0 Å². The van der Waals surface area contributed by atoms with Crippen molar-refractivity contribution in [2.45, 2.75) is 117 Å². The van der Waals surface area contributed by atoms with Gasteiger partial charge in [0.15, 0.2) is 0 Å². The Hall–Kier alpha value is -1.32. The van der Waals surface area contributed by atoms with E-state index in [0.717, 1.165) is 12.8 Å². The minimum atomic E-state index is -0.479. The lowest BCUT2D eigenvalue weighted by Crippen LogP contribution is -2.11. The fourth-order valence-electron chi connectivity index (χ4n) is 3.19. The minimum absolute atomic E-state index is 0.306. The molecule has 0 radical (unpaired) electrons. The van der Waals surface area contributed by atoms with Crippen molar-refractivity contribution in [3.63, 3.8) is 0 Å². The van der Waals surface area contributed by atoms with Crippen LogP contribution >= 0.6 is 0 Å². The van der Waals surface area contributed by atoms with Crippen LogP contribution in [-0.2, 0) is 19.1 Å². The zero-order chi connectivity index (χ0) is 20.9. The molecule has 0 aromatic rings. The average molecular weight is 397 g/mol. The first kappa shape index (κ1) is 26.7. The zero-order valence-electron chi connectivity index (χ0n) is 18.7. The minimum Gasteiger partial charge on any atom is -0.463 e. The van der Waals surface area contributed by atoms with Crippen molar-refractivity contribution < 1.29 is 19.1 Å². The van der Waals surface area contributed by atoms with Gasteiger partial charge in [-0.15, -0.1) is 0 Å². The summed E-state index contributed by atoms with van der Waals surface area (Å²) in [6.45, 7) is 6.57. The number of carbonyl (C=O) groups excluding carboxylic acids is 2. The predicted molar refractivity (Wildman–Crippen MR) is 116 cm³/mol. The van der Waals surface area contributed by atoms with E-state index in [1.807, 2.05) is 6.92 Å². The summed E-state index contributed by atoms with van der Waals surface area (Å²) < 4.78 is 10.1. The van der Waals surface area contributed by atoms with E-state index in [4.69, 9.17) is 9.47 Å². The molecule has 0 aliphatic rings. The number of unbranched alkanes of at least 4 members (excludes halogenated alkanes) is 13. The molecule has 4 heteroatoms. The van der Waals surface area contributed by atoms with E-state index in [2.05, 4.69) is 6.92 Å². The van der Waals surface area contributed by atoms with Gasteiger partial charge >= 0.3 is 11.9 Å². The molecule has 0 aromatic heterocycles. The van der Waals surface area contributed by atoms with Crippen LogP contribution in [0.25, 0.3) is 0 Å². The molecule has 0 saturated carbocycles. The van der Waals surface area contributed by atoms with E-state index in [1.165, 1.54) is 83.1 Å². The van der Waals surface area contributed by atoms with Crippen LogP contribution in [0.3, 0.4) is 0 Å². The van der Waals surface area contributed by atoms with Crippen LogP contribution in [0.1, 0.15) is 117 Å². The Labute approximate surface area is 173 Å². The summed E-state index contributed by atoms with van der Waals surface area (Å²) in [5.74, 6) is -0.877. The Morgan fingerprint density at radius 2 is 1.11 bits per heavy atom. The third-order valence-electron chi connectivity index (χ3n) is 4.95. The number of esters is 2. The van der Waals surface area contributed by atoms with Crippen LogP contribution in [0.4, 0.5) is 0 Å². The standard InChI is InChI=1S/C24H44O4/c1-4-7-8-9-10-11-12-13-14-15-16-17-18-19-20-28-24(26)22(5-2)21-23(25)27-6-3/h21H,4-20H2,1-3H3/b22-21-. The van der Waals surface area contributed by atoms with Gasteiger partial charge in [-0.1, -0.05) is 97.3 Å². The highest BCUT2D eigenvalue weighted by atomic mass is 16.5. The molecule has 0 aliphatic carbocycles. The van der Waals surface area contributed by atoms with Gasteiger partial charge < -0.3 is 9.47 Å². The first-order chi connectivity index (χ1) is 13.7. The molecule has 0 atom stereocenters. The SMILES string of the molecule is CCCCCCCCCCCCCCCCOC(=O)/C(=C\C(=O)OCC)CC. The molecule has 0 amide bonds. The summed E-state index contributed by atoms with van der Waals surface area (Å²) in [6.07, 6.45) is 20.0. The van der Waals surface area contributed by atoms with Crippen LogP contribution in [0.2, 0.25) is 0 Å². The van der Waals surface area contributed by atoms with Crippen molar-refractivity contribution in [3.8, 4) is 0 Å². The maximum atomic E-state index is 11.9. The number of ether oxygens (including phenoxy) is 2. The molecule has 164 valence electrons. The maximum absolute atomic E-state index is 11.9. The molecule has 0 fully saturated rings. The first-order valence-electron chi connectivity index (χ1n) is 11.7. The lowest BCUT2D eigenvalue weighted by Gasteiger charge is -2.07. The molecule has 4 nitrogen and oxygen atoms in total. The summed E-state index contributed by atoms with van der Waals surface area (Å²) >= 11 is 0. The van der Waals surface area contributed by atoms with Crippen molar-refractivity contribution in [1.82, 2.24) is 0 Å². The van der Waals surface area contributed by atoms with Gasteiger partial charge in [-0.3, -0.25) is 0 Å². The molecule has 0 spiro atoms. The lowest BCUT2D eigenvalue weighted by molar-refractivity contribution is -0.141. The number of hydrogen-bond donors (Lipinski definition) is 0. The summed E-state index contributed by atoms with van der Waals surface area (Å²) in [5.41, 5.74) is 0.379. The van der Waals surface area contributed by atoms with Gasteiger partial charge in [0.1, 0.15) is 0 Å². The van der Waals surface area contributed by atoms with Crippen molar-refractivity contribution in [2.75, 3.05) is 13.2 Å². The second kappa shape index (κ2) is 20.4. The van der Waals surface area contributed by atoms with Gasteiger partial charge in [0.05, 0.1) is 13.2 Å². The number of rotatable bonds is 19. The summed E-state index contributed by atoms with van der Waals surface area (Å²) in [6, 6.07) is 0. The molecular weight excluding hydrogens is 352 g/mol. The van der Waals surface area contributed by atoms with E-state index >= 15 is 0 Å². The summed E-state index contributed by atoms with van der Waals surface area (Å²) in [7, 11) is 0. The molecule has 0 aromatic carbocycles. The predicted octanol–water partition coefficient (Wildman–Crippen LogP) is 6.91. The molecule has 0 N–H and O–H groups in total. The second-order valence-electron chi connectivity index (χ2n) is 7.51. The van der Waals surface area contributed by atoms with Crippen LogP contribution in [-0.4, -0.2) is 25.2 Å². The molecule has 0 unspecified atom stereocenters. The van der Waals surface area contributed by atoms with Crippen molar-refractivity contribution in [3.05, 3.63) is 11.6 Å². The summed E-state index contributed by atoms with van der Waals surface area (Å²) in [4.78, 5) is 23.4. The molecule has 0 saturated heterocycles. The first-order valence-corrected chi connectivity index (χ1v) is 11.7. The normalized spacial score (nSPS) is 11.5. The fraction of sp³-hybridized carbons (Fsp3) is 0.833. The molecule has 0 bridgehead atoms. The van der Waals surface area contributed by atoms with E-state index in [-0.39, 0.29) is 0 Å². The topological polar surface area (TPSA) is 52.6 Å². The van der Waals surface area contributed by atoms with Gasteiger partial charge in [0.2, 0.25) is 0 Å². The van der Waals surface area contributed by atoms with Gasteiger partial charge in [-0.2, -0.15) is 0 Å². The van der Waals surface area contributed by atoms with E-state index in [1.54, 1.807) is 6.92 Å². The third-order valence-corrected chi connectivity index (χ3v) is 4.95. The Kier molecular flexibility index (Phi) is 19.5. The molecule has 0 rings (SSSR count). The number of hydrogen-bond acceptors (Lipinski definition) is 4. The monoisotopic (exact) mass is 396 g/mol. The van der Waals surface area contributed by atoms with E-state index in [0.29, 0.717) is 25.2 Å². The molecule has 28 heavy (non-hydrogen) atoms. The Morgan fingerprint density at radius 1 is 0.643 bits per heavy atom. The molecule has 0 heterocycles. The van der Waals surface area contributed by atoms with E-state index < -0.39 is 11.9 Å². The highest BCUT2D eigenvalue weighted by molar-refractivity contribution is 5.96. The van der Waals surface area contributed by atoms with Gasteiger partial charge in [0, 0.05) is 11.6 Å². The van der Waals surface area contributed by atoms with Crippen LogP contribution < -0.4 is 0 Å². The highest BCUT2D eigenvalue weighted by Crippen LogP contribution is 2.13. The Bertz CT molecular complexity index is 415. The van der Waals surface area contributed by atoms with Gasteiger partial charge in [-0.05, 0) is 19.8 Å². The fourth-order valence-corrected chi connectivity index (χ4v) is 3.19. The third kappa shape index (κ3) is 16.8. The highest BCUT2D eigenvalue weighted by Gasteiger charge is 2.11. The molecule has 0 aliphatic heterocycles. The quantitative estimate of drug-likeness (QED) is 0.135. The maximum Gasteiger partial charge on any atom is 0.334 e. The van der Waals surface area contributed by atoms with Gasteiger partial charge in [0.25, 0.3) is 0 Å².